The van der Waals surface area contributed by atoms with Gasteiger partial charge in [-0.1, -0.05) is 0 Å². The fourth-order valence-electron chi connectivity index (χ4n) is 1.06. The maximum Gasteiger partial charge on any atom is 0.325 e. The smallest absolute Gasteiger partial charge is 0.325 e. The zero-order chi connectivity index (χ0) is 15.2. The molecule has 19 heavy (non-hydrogen) atoms. The largest absolute Gasteiger partial charge is 0.481 e. The van der Waals surface area contributed by atoms with Crippen LogP contribution in [0.5, 0.6) is 0 Å². The van der Waals surface area contributed by atoms with E-state index in [1.54, 1.807) is 0 Å². The van der Waals surface area contributed by atoms with E-state index in [0.29, 0.717) is 0 Å². The molecule has 0 saturated carbocycles. The number of rotatable bonds is 7. The Morgan fingerprint density at radius 1 is 1.05 bits per heavy atom. The van der Waals surface area contributed by atoms with Crippen LogP contribution in [0.3, 0.4) is 0 Å². The number of nitrogens with two attached hydrogens (primary N) is 1. The summed E-state index contributed by atoms with van der Waals surface area (Å²) in [5.74, 6) is -4.19. The van der Waals surface area contributed by atoms with Crippen molar-refractivity contribution in [2.24, 2.45) is 5.73 Å². The second-order valence-corrected chi connectivity index (χ2v) is 4.02. The third-order valence-electron chi connectivity index (χ3n) is 2.15. The molecule has 108 valence electrons. The lowest BCUT2D eigenvalue weighted by molar-refractivity contribution is -0.143. The fraction of sp³-hybridized carbons (Fsp3) is 0.600. The molecule has 0 aromatic rings. The summed E-state index contributed by atoms with van der Waals surface area (Å²) >= 11 is 0. The summed E-state index contributed by atoms with van der Waals surface area (Å²) in [4.78, 5) is 44.2. The minimum absolute atomic E-state index is 0.670. The first-order chi connectivity index (χ1) is 8.65. The van der Waals surface area contributed by atoms with Gasteiger partial charge in [0.05, 0.1) is 12.5 Å². The van der Waals surface area contributed by atoms with Crippen LogP contribution in [0.25, 0.3) is 0 Å². The van der Waals surface area contributed by atoms with Gasteiger partial charge in [-0.05, 0) is 13.8 Å². The van der Waals surface area contributed by atoms with Crippen molar-refractivity contribution >= 4 is 23.8 Å². The first-order valence-electron chi connectivity index (χ1n) is 5.46. The lowest BCUT2D eigenvalue weighted by atomic mass is 10.1. The zero-order valence-electron chi connectivity index (χ0n) is 10.5. The first kappa shape index (κ1) is 16.8. The number of carboxylic acids is 2. The van der Waals surface area contributed by atoms with E-state index in [0.717, 1.165) is 0 Å². The molecule has 9 heteroatoms. The van der Waals surface area contributed by atoms with Gasteiger partial charge in [0.15, 0.2) is 0 Å². The number of hydrogen-bond acceptors (Lipinski definition) is 5. The molecule has 0 fully saturated rings. The van der Waals surface area contributed by atoms with E-state index >= 15 is 0 Å². The van der Waals surface area contributed by atoms with Crippen LogP contribution in [0.1, 0.15) is 20.3 Å². The Balaban J connectivity index is 4.74. The molecule has 0 aliphatic carbocycles. The lowest BCUT2D eigenvalue weighted by Gasteiger charge is -2.19. The number of carbonyl (C=O) groups is 4. The second-order valence-electron chi connectivity index (χ2n) is 4.02. The SMILES string of the molecule is C[C@H](N)C(=O)N[C@@H](CC(=O)O)C(=O)N[C@@H](C)C(=O)O. The average Bonchev–Trinajstić information content (AvgIpc) is 2.26. The van der Waals surface area contributed by atoms with Crippen LogP contribution in [0.2, 0.25) is 0 Å². The Hall–Kier alpha value is -2.16. The molecule has 0 rings (SSSR count). The van der Waals surface area contributed by atoms with E-state index in [9.17, 15) is 19.2 Å². The number of amides is 2. The highest BCUT2D eigenvalue weighted by Crippen LogP contribution is 1.96. The van der Waals surface area contributed by atoms with Crippen molar-refractivity contribution < 1.29 is 29.4 Å². The van der Waals surface area contributed by atoms with E-state index in [1.807, 2.05) is 0 Å². The third-order valence-corrected chi connectivity index (χ3v) is 2.15. The molecule has 6 N–H and O–H groups in total. The van der Waals surface area contributed by atoms with Crippen LogP contribution in [0, 0.1) is 0 Å². The van der Waals surface area contributed by atoms with Gasteiger partial charge in [-0.15, -0.1) is 0 Å². The van der Waals surface area contributed by atoms with E-state index in [2.05, 4.69) is 10.6 Å². The van der Waals surface area contributed by atoms with E-state index in [-0.39, 0.29) is 0 Å². The predicted octanol–water partition coefficient (Wildman–Crippen LogP) is -2.12. The van der Waals surface area contributed by atoms with Gasteiger partial charge >= 0.3 is 11.9 Å². The molecule has 0 saturated heterocycles. The number of nitrogens with one attached hydrogen (secondary N) is 2. The monoisotopic (exact) mass is 275 g/mol. The topological polar surface area (TPSA) is 159 Å². The number of carboxylic acid groups (broad SMARTS) is 2. The molecule has 0 bridgehead atoms. The van der Waals surface area contributed by atoms with Gasteiger partial charge in [0, 0.05) is 0 Å². The van der Waals surface area contributed by atoms with Gasteiger partial charge < -0.3 is 26.6 Å². The van der Waals surface area contributed by atoms with Gasteiger partial charge in [-0.25, -0.2) is 0 Å². The molecule has 0 aromatic carbocycles. The Kier molecular flexibility index (Phi) is 6.48. The van der Waals surface area contributed by atoms with Crippen LogP contribution in [-0.2, 0) is 19.2 Å². The highest BCUT2D eigenvalue weighted by molar-refractivity contribution is 5.93. The van der Waals surface area contributed by atoms with Crippen molar-refractivity contribution in [1.82, 2.24) is 10.6 Å². The summed E-state index contributed by atoms with van der Waals surface area (Å²) in [6.45, 7) is 2.58. The normalized spacial score (nSPS) is 14.9. The third kappa shape index (κ3) is 6.36. The van der Waals surface area contributed by atoms with Crippen molar-refractivity contribution in [3.05, 3.63) is 0 Å². The maximum absolute atomic E-state index is 11.7. The molecule has 0 aliphatic heterocycles. The van der Waals surface area contributed by atoms with Crippen molar-refractivity contribution in [3.63, 3.8) is 0 Å². The van der Waals surface area contributed by atoms with Crippen molar-refractivity contribution in [1.29, 1.82) is 0 Å². The summed E-state index contributed by atoms with van der Waals surface area (Å²) in [6.07, 6.45) is -0.670. The van der Waals surface area contributed by atoms with Crippen molar-refractivity contribution in [2.75, 3.05) is 0 Å². The van der Waals surface area contributed by atoms with Crippen molar-refractivity contribution in [3.8, 4) is 0 Å². The van der Waals surface area contributed by atoms with Crippen LogP contribution in [0.4, 0.5) is 0 Å². The van der Waals surface area contributed by atoms with Gasteiger partial charge in [-0.2, -0.15) is 0 Å². The Morgan fingerprint density at radius 2 is 1.58 bits per heavy atom. The van der Waals surface area contributed by atoms with Crippen LogP contribution in [0.15, 0.2) is 0 Å². The standard InChI is InChI=1S/C10H17N3O6/c1-4(11)8(16)13-6(3-7(14)15)9(17)12-5(2)10(18)19/h4-6H,3,11H2,1-2H3,(H,12,17)(H,13,16)(H,14,15)(H,18,19)/t4-,5-,6-/m0/s1. The summed E-state index contributed by atoms with van der Waals surface area (Å²) in [5.41, 5.74) is 5.28. The molecule has 0 aromatic heterocycles. The van der Waals surface area contributed by atoms with E-state index in [4.69, 9.17) is 15.9 Å². The van der Waals surface area contributed by atoms with Crippen LogP contribution in [-0.4, -0.2) is 52.1 Å². The summed E-state index contributed by atoms with van der Waals surface area (Å²) < 4.78 is 0. The molecule has 0 radical (unpaired) electrons. The lowest BCUT2D eigenvalue weighted by Crippen LogP contribution is -2.54. The second kappa shape index (κ2) is 7.31. The predicted molar refractivity (Wildman–Crippen MR) is 63.1 cm³/mol. The molecule has 0 spiro atoms. The Labute approximate surface area is 109 Å². The molecule has 9 nitrogen and oxygen atoms in total. The van der Waals surface area contributed by atoms with E-state index in [1.165, 1.54) is 13.8 Å². The number of aliphatic carboxylic acids is 2. The Morgan fingerprint density at radius 3 is 1.95 bits per heavy atom. The maximum atomic E-state index is 11.7. The molecular weight excluding hydrogens is 258 g/mol. The molecule has 2 amide bonds. The van der Waals surface area contributed by atoms with Gasteiger partial charge in [0.1, 0.15) is 12.1 Å². The molecule has 0 unspecified atom stereocenters. The Bertz CT molecular complexity index is 381. The van der Waals surface area contributed by atoms with Gasteiger partial charge in [0.25, 0.3) is 0 Å². The average molecular weight is 275 g/mol. The molecule has 0 aliphatic rings. The summed E-state index contributed by atoms with van der Waals surface area (Å²) in [5, 5.41) is 21.5. The number of carbonyl (C=O) groups excluding carboxylic acids is 2. The van der Waals surface area contributed by atoms with E-state index < -0.39 is 48.3 Å². The summed E-state index contributed by atoms with van der Waals surface area (Å²) in [7, 11) is 0. The highest BCUT2D eigenvalue weighted by atomic mass is 16.4. The quantitative estimate of drug-likeness (QED) is 0.355. The number of hydrogen-bond donors (Lipinski definition) is 5. The zero-order valence-corrected chi connectivity index (χ0v) is 10.5. The minimum atomic E-state index is -1.38. The fourth-order valence-corrected chi connectivity index (χ4v) is 1.06. The van der Waals surface area contributed by atoms with Gasteiger partial charge in [-0.3, -0.25) is 19.2 Å². The van der Waals surface area contributed by atoms with Crippen LogP contribution >= 0.6 is 0 Å². The van der Waals surface area contributed by atoms with Crippen LogP contribution < -0.4 is 16.4 Å². The molecular formula is C10H17N3O6. The minimum Gasteiger partial charge on any atom is -0.481 e. The van der Waals surface area contributed by atoms with Crippen molar-refractivity contribution in [2.45, 2.75) is 38.4 Å². The highest BCUT2D eigenvalue weighted by Gasteiger charge is 2.27. The summed E-state index contributed by atoms with van der Waals surface area (Å²) in [6, 6.07) is -3.49. The first-order valence-corrected chi connectivity index (χ1v) is 5.46. The van der Waals surface area contributed by atoms with Gasteiger partial charge in [0.2, 0.25) is 11.8 Å². The molecule has 0 heterocycles. The molecule has 3 atom stereocenters.